The smallest absolute Gasteiger partial charge is 0.375 e. The van der Waals surface area contributed by atoms with Crippen LogP contribution in [0.4, 0.5) is 28.4 Å². The van der Waals surface area contributed by atoms with Crippen LogP contribution < -0.4 is 52.1 Å². The van der Waals surface area contributed by atoms with Crippen molar-refractivity contribution in [1.82, 2.24) is 0 Å². The predicted octanol–water partition coefficient (Wildman–Crippen LogP) is 26.3. The topological polar surface area (TPSA) is 183 Å². The first kappa shape index (κ1) is 97.4. The van der Waals surface area contributed by atoms with Crippen LogP contribution in [-0.2, 0) is 59.4 Å². The molecular formula is C122H126N10O11+4. The van der Waals surface area contributed by atoms with Crippen LogP contribution in [0, 0.1) is 30.5 Å². The summed E-state index contributed by atoms with van der Waals surface area (Å²) in [7, 11) is 9.68. The molecule has 143 heavy (non-hydrogen) atoms. The first-order chi connectivity index (χ1) is 69.4. The Kier molecular flexibility index (Phi) is 28.3. The lowest BCUT2D eigenvalue weighted by atomic mass is 9.76. The van der Waals surface area contributed by atoms with Crippen molar-refractivity contribution < 1.29 is 64.6 Å². The summed E-state index contributed by atoms with van der Waals surface area (Å²) < 4.78 is 57.2. The molecule has 0 spiro atoms. The number of methoxy groups -OCH3 is 2. The fraction of sp³-hybridized carbons (Fsp3) is 0.279. The van der Waals surface area contributed by atoms with Crippen molar-refractivity contribution >= 4 is 135 Å². The second kappa shape index (κ2) is 41.5. The van der Waals surface area contributed by atoms with Gasteiger partial charge in [-0.15, -0.1) is 6.58 Å². The van der Waals surface area contributed by atoms with Crippen LogP contribution in [0.25, 0.3) is 106 Å². The van der Waals surface area contributed by atoms with Gasteiger partial charge in [-0.05, 0) is 189 Å². The number of anilines is 4. The molecule has 13 aromatic carbocycles. The number of rotatable bonds is 27. The monoisotopic (exact) mass is 1910 g/mol. The number of esters is 1. The maximum atomic E-state index is 13.1. The fourth-order valence-electron chi connectivity index (χ4n) is 21.7. The van der Waals surface area contributed by atoms with Gasteiger partial charge in [-0.3, -0.25) is 14.9 Å². The summed E-state index contributed by atoms with van der Waals surface area (Å²) in [4.78, 5) is 37.8. The lowest BCUT2D eigenvalue weighted by molar-refractivity contribution is -0.678. The van der Waals surface area contributed by atoms with Crippen LogP contribution in [0.5, 0.6) is 17.2 Å². The van der Waals surface area contributed by atoms with Gasteiger partial charge in [-0.2, -0.15) is 18.3 Å². The predicted molar refractivity (Wildman–Crippen MR) is 573 cm³/mol. The molecule has 21 nitrogen and oxygen atoms in total. The van der Waals surface area contributed by atoms with E-state index in [-0.39, 0.29) is 30.1 Å². The van der Waals surface area contributed by atoms with Gasteiger partial charge < -0.3 is 61.1 Å². The second-order valence-electron chi connectivity index (χ2n) is 38.2. The third-order valence-corrected chi connectivity index (χ3v) is 28.7. The van der Waals surface area contributed by atoms with Crippen LogP contribution >= 0.6 is 0 Å². The van der Waals surface area contributed by atoms with Crippen LogP contribution in [0.2, 0.25) is 0 Å². The Morgan fingerprint density at radius 3 is 1.66 bits per heavy atom. The number of nitrogens with zero attached hydrogens (tertiary/aromatic N) is 10. The van der Waals surface area contributed by atoms with Crippen molar-refractivity contribution in [3.8, 4) is 17.2 Å². The molecule has 4 aliphatic rings. The number of non-ortho nitro benzene ring substituents is 1. The highest BCUT2D eigenvalue weighted by Crippen LogP contribution is 2.56. The summed E-state index contributed by atoms with van der Waals surface area (Å²) in [5.74, 6) is 5.49. The molecule has 0 saturated carbocycles. The molecule has 0 radical (unpaired) electrons. The summed E-state index contributed by atoms with van der Waals surface area (Å²) in [6.07, 6.45) is 16.3. The van der Waals surface area contributed by atoms with Crippen molar-refractivity contribution in [1.29, 1.82) is 0 Å². The Labute approximate surface area is 836 Å². The number of carbonyl (C=O) groups excluding carboxylic acids is 1. The minimum absolute atomic E-state index is 0.00613. The van der Waals surface area contributed by atoms with Gasteiger partial charge in [-0.25, -0.2) is 6.57 Å². The number of aromatic nitrogens is 4. The average Bonchev–Trinajstić information content (AvgIpc) is 1.58. The Hall–Kier alpha value is -15.8. The number of likely N-dealkylation sites (N-methyl/N-ethyl adjacent to an activating group) is 1. The molecule has 0 saturated heterocycles. The van der Waals surface area contributed by atoms with Gasteiger partial charge in [0.1, 0.15) is 43.4 Å². The van der Waals surface area contributed by atoms with Gasteiger partial charge in [-0.1, -0.05) is 185 Å². The summed E-state index contributed by atoms with van der Waals surface area (Å²) in [5, 5.41) is 18.7. The van der Waals surface area contributed by atoms with Gasteiger partial charge in [0, 0.05) is 154 Å². The molecule has 4 aliphatic heterocycles. The maximum Gasteiger partial charge on any atom is 0.375 e. The summed E-state index contributed by atoms with van der Waals surface area (Å²) in [5.41, 5.74) is 23.2. The number of oxazole rings is 4. The summed E-state index contributed by atoms with van der Waals surface area (Å²) in [6, 6.07) is 88.6. The zero-order valence-corrected chi connectivity index (χ0v) is 84.6. The van der Waals surface area contributed by atoms with E-state index in [4.69, 9.17) is 43.2 Å². The Morgan fingerprint density at radius 1 is 0.503 bits per heavy atom. The van der Waals surface area contributed by atoms with Crippen molar-refractivity contribution in [2.45, 2.75) is 149 Å². The highest BCUT2D eigenvalue weighted by atomic mass is 16.6. The number of para-hydroxylation sites is 1. The molecule has 8 heterocycles. The molecular weight excluding hydrogens is 1780 g/mol. The number of ether oxygens (including phenoxy) is 4. The third kappa shape index (κ3) is 18.6. The minimum Gasteiger partial charge on any atom is -0.497 e. The van der Waals surface area contributed by atoms with E-state index in [2.05, 4.69) is 332 Å². The van der Waals surface area contributed by atoms with Crippen LogP contribution in [0.3, 0.4) is 0 Å². The van der Waals surface area contributed by atoms with E-state index < -0.39 is 15.8 Å². The normalized spacial score (nSPS) is 17.7. The highest BCUT2D eigenvalue weighted by Gasteiger charge is 2.51. The zero-order valence-electron chi connectivity index (χ0n) is 84.6. The lowest BCUT2D eigenvalue weighted by Gasteiger charge is -2.30. The van der Waals surface area contributed by atoms with Gasteiger partial charge in [0.15, 0.2) is 13.1 Å². The second-order valence-corrected chi connectivity index (χ2v) is 38.2. The van der Waals surface area contributed by atoms with Crippen LogP contribution in [0.1, 0.15) is 162 Å². The largest absolute Gasteiger partial charge is 0.497 e. The Bertz CT molecular complexity index is 7890. The summed E-state index contributed by atoms with van der Waals surface area (Å²) in [6.45, 7) is 37.9. The van der Waals surface area contributed by atoms with Crippen molar-refractivity contribution in [2.24, 2.45) is 14.1 Å². The number of hydrogen-bond donors (Lipinski definition) is 0. The highest BCUT2D eigenvalue weighted by molar-refractivity contribution is 6.04. The maximum absolute atomic E-state index is 13.1. The van der Waals surface area contributed by atoms with E-state index in [1.54, 1.807) is 33.3 Å². The molecule has 21 heteroatoms. The van der Waals surface area contributed by atoms with Gasteiger partial charge >= 0.3 is 29.5 Å². The molecule has 0 fully saturated rings. The molecule has 0 amide bonds. The third-order valence-electron chi connectivity index (χ3n) is 28.7. The quantitative estimate of drug-likeness (QED) is 0.0118. The number of allylic oxidation sites excluding steroid dienone is 4. The number of nitro groups is 1. The summed E-state index contributed by atoms with van der Waals surface area (Å²) >= 11 is 0. The number of carbonyl (C=O) groups is 1. The fourth-order valence-corrected chi connectivity index (χ4v) is 21.7. The number of aryl methyl sites for hydroxylation is 6. The van der Waals surface area contributed by atoms with Gasteiger partial charge in [0.2, 0.25) is 28.9 Å². The van der Waals surface area contributed by atoms with E-state index in [0.29, 0.717) is 43.6 Å². The molecule has 4 atom stereocenters. The molecule has 17 aromatic rings. The molecule has 21 rings (SSSR count). The Morgan fingerprint density at radius 2 is 1.00 bits per heavy atom. The number of hydrogen-bond acceptors (Lipinski definition) is 15. The standard InChI is InChI=1S/C36H36N3O6.C32H37N2O3.C31H28N3O.C23H25N2O/c1-4-19-38-31-17-15-25-11-9-10-14-28(25)35(31)45-33(38)23-32-36(3,24-34(40)43-5-2)29-22-26(39(41)42)16-18-30(29)37(32)20-21-44-27-12-7-6-8-13-27;1-6-17-33-27-15-13-24(35-4)19-26(27)32(3,22-23-11-9-8-10-12-23)30(33)21-31-34(18-7-2)28-16-14-25(36-5)20-29(28)37-31;1-5-18-34-25-16-14-21-10-6-8-12-23(21)29(25)31(2,20-32-3)27(34)19-28-33(4)26-17-15-22-11-7-9-13-24(22)30(26)35-28;1-6-7-17-18-12-15(2)8-10-19(18)24(4)21(17)14-23-25(5)20-11-9-16(3)13-22(20)26-23/h6-18,22-23H,4-5,19-21,24H2,1-3H3;8-16,19-21H,6-7,17-18,22H2,1-5H3;6-17,19H,5,18,20H2,1-2,4H3;6,8-14,17H,1,7H2,2-5H3/q4*+1. The number of nitro benzene ring substituents is 1. The zero-order chi connectivity index (χ0) is 100. The lowest BCUT2D eigenvalue weighted by Crippen LogP contribution is -2.37. The van der Waals surface area contributed by atoms with Crippen LogP contribution in [0.15, 0.2) is 314 Å². The number of fused-ring (bicyclic) bond motifs is 14. The molecule has 726 valence electrons. The number of benzene rings is 13. The van der Waals surface area contributed by atoms with Crippen molar-refractivity contribution in [3.63, 3.8) is 0 Å². The van der Waals surface area contributed by atoms with E-state index in [9.17, 15) is 14.9 Å². The molecule has 0 bridgehead atoms. The SMILES string of the molecule is C=CCC1C(=Cc2oc3cc(C)ccc3[n+]2C)N(C)c2ccc(C)cc21.CCCN1C(=Cc2oc3cc(OC)ccc3[n+]2CCC)C(C)(Cc2ccccc2)c2cc(OC)ccc21.CCC[n+]1c(C=C2N(CCOc3ccccc3)c3ccc([N+](=O)[O-])cc3C2(C)CC(=O)OCC)oc2c3ccccc3ccc21.[C-]#[N+]CC1(C)C(=Cc2oc3c4ccccc4ccc3[n+]2C)N(CCC)c2ccc3ccccc3c21. The van der Waals surface area contributed by atoms with Crippen molar-refractivity contribution in [2.75, 3.05) is 80.3 Å². The van der Waals surface area contributed by atoms with E-state index in [0.717, 1.165) is 171 Å². The van der Waals surface area contributed by atoms with E-state index >= 15 is 0 Å². The van der Waals surface area contributed by atoms with Gasteiger partial charge in [0.05, 0.1) is 63.0 Å². The molecule has 0 aliphatic carbocycles. The average molecular weight is 1910 g/mol. The molecule has 4 unspecified atom stereocenters. The van der Waals surface area contributed by atoms with E-state index in [1.807, 2.05) is 73.7 Å². The van der Waals surface area contributed by atoms with Gasteiger partial charge in [0.25, 0.3) is 27.8 Å². The first-order valence-electron chi connectivity index (χ1n) is 49.8. The van der Waals surface area contributed by atoms with Crippen molar-refractivity contribution in [3.05, 3.63) is 380 Å². The first-order valence-corrected chi connectivity index (χ1v) is 49.8. The molecule has 0 N–H and O–H groups in total. The minimum atomic E-state index is -0.953. The van der Waals surface area contributed by atoms with Crippen LogP contribution in [-0.4, -0.2) is 71.6 Å². The van der Waals surface area contributed by atoms with E-state index in [1.165, 1.54) is 84.1 Å². The molecule has 4 aromatic heterocycles. The Balaban J connectivity index is 0.000000128.